The topological polar surface area (TPSA) is 61.8 Å². The highest BCUT2D eigenvalue weighted by Gasteiger charge is 2.22. The summed E-state index contributed by atoms with van der Waals surface area (Å²) in [5, 5.41) is 0. The minimum Gasteiger partial charge on any atom is -0.409 e. The van der Waals surface area contributed by atoms with Gasteiger partial charge in [-0.1, -0.05) is 23.2 Å². The van der Waals surface area contributed by atoms with Crippen molar-refractivity contribution < 1.29 is 22.9 Å². The monoisotopic (exact) mass is 278 g/mol. The molecule has 90 valence electrons. The van der Waals surface area contributed by atoms with E-state index in [-0.39, 0.29) is 10.3 Å². The van der Waals surface area contributed by atoms with Gasteiger partial charge in [0.15, 0.2) is 0 Å². The number of Topliss-reactive ketones (excluding diaryl/α,β-unsaturated/α-hetero) is 1. The number of carbonyl (C=O) groups is 1. The Morgan fingerprint density at radius 2 is 1.53 bits per heavy atom. The summed E-state index contributed by atoms with van der Waals surface area (Å²) in [6, 6.07) is 0. The molecule has 8 heteroatoms. The summed E-state index contributed by atoms with van der Waals surface area (Å²) in [6.45, 7) is 3.06. The van der Waals surface area contributed by atoms with Gasteiger partial charge in [0.2, 0.25) is 0 Å². The molecule has 0 aliphatic heterocycles. The van der Waals surface area contributed by atoms with Crippen LogP contribution >= 0.6 is 31.0 Å². The minimum atomic E-state index is -3.48. The smallest absolute Gasteiger partial charge is 0.409 e. The third-order valence-electron chi connectivity index (χ3n) is 0.718. The first-order valence-electron chi connectivity index (χ1n) is 3.65. The number of phosphoric ester groups is 1. The Balaban J connectivity index is 0. The average molecular weight is 279 g/mol. The van der Waals surface area contributed by atoms with Gasteiger partial charge < -0.3 is 9.32 Å². The van der Waals surface area contributed by atoms with Crippen LogP contribution in [0.1, 0.15) is 13.8 Å². The van der Waals surface area contributed by atoms with Gasteiger partial charge in [-0.05, 0) is 13.8 Å². The lowest BCUT2D eigenvalue weighted by Gasteiger charge is -2.10. The fourth-order valence-corrected chi connectivity index (χ4v) is 1.03. The van der Waals surface area contributed by atoms with E-state index in [2.05, 4.69) is 13.6 Å². The second-order valence-corrected chi connectivity index (χ2v) is 5.08. The van der Waals surface area contributed by atoms with Gasteiger partial charge in [0, 0.05) is 14.2 Å². The molecule has 0 aromatic rings. The van der Waals surface area contributed by atoms with E-state index in [0.717, 1.165) is 6.26 Å². The summed E-state index contributed by atoms with van der Waals surface area (Å²) in [5.74, 6) is 0.167. The molecule has 0 aromatic carbocycles. The van der Waals surface area contributed by atoms with Crippen LogP contribution < -0.4 is 0 Å². The van der Waals surface area contributed by atoms with Crippen molar-refractivity contribution >= 4 is 36.8 Å². The van der Waals surface area contributed by atoms with Crippen molar-refractivity contribution in [3.05, 3.63) is 10.8 Å². The van der Waals surface area contributed by atoms with Crippen LogP contribution in [0.15, 0.2) is 10.8 Å². The van der Waals surface area contributed by atoms with Crippen LogP contribution in [0.3, 0.4) is 0 Å². The molecule has 0 saturated carbocycles. The molecular formula is C7H13Cl2O5P. The SMILES string of the molecule is CC(C)=O.COP(=O)(OC)OC=C(Cl)Cl. The first kappa shape index (κ1) is 17.3. The number of halogens is 2. The summed E-state index contributed by atoms with van der Waals surface area (Å²) < 4.78 is 24.1. The molecule has 0 rings (SSSR count). The van der Waals surface area contributed by atoms with Crippen LogP contribution in [0, 0.1) is 0 Å². The van der Waals surface area contributed by atoms with Crippen LogP contribution in [0.4, 0.5) is 0 Å². The van der Waals surface area contributed by atoms with Gasteiger partial charge >= 0.3 is 7.82 Å². The highest BCUT2D eigenvalue weighted by atomic mass is 35.5. The number of carbonyl (C=O) groups excluding carboxylic acids is 1. The van der Waals surface area contributed by atoms with Crippen molar-refractivity contribution in [2.75, 3.05) is 14.2 Å². The number of hydrogen-bond acceptors (Lipinski definition) is 5. The molecule has 0 radical (unpaired) electrons. The molecule has 0 fully saturated rings. The fraction of sp³-hybridized carbons (Fsp3) is 0.571. The van der Waals surface area contributed by atoms with Crippen LogP contribution in [0.25, 0.3) is 0 Å². The molecule has 5 nitrogen and oxygen atoms in total. The summed E-state index contributed by atoms with van der Waals surface area (Å²) in [7, 11) is -1.12. The molecule has 0 saturated heterocycles. The zero-order valence-corrected chi connectivity index (χ0v) is 11.2. The van der Waals surface area contributed by atoms with Crippen molar-refractivity contribution in [3.63, 3.8) is 0 Å². The van der Waals surface area contributed by atoms with Crippen molar-refractivity contribution in [3.8, 4) is 0 Å². The molecule has 0 atom stereocenters. The third-order valence-corrected chi connectivity index (χ3v) is 2.15. The van der Waals surface area contributed by atoms with Crippen LogP contribution in [0.5, 0.6) is 0 Å². The maximum atomic E-state index is 11.0. The van der Waals surface area contributed by atoms with E-state index in [1.165, 1.54) is 28.1 Å². The number of hydrogen-bond donors (Lipinski definition) is 0. The summed E-state index contributed by atoms with van der Waals surface area (Å²) in [4.78, 5) is 9.44. The predicted octanol–water partition coefficient (Wildman–Crippen LogP) is 3.28. The first-order chi connectivity index (χ1) is 6.77. The van der Waals surface area contributed by atoms with Gasteiger partial charge in [-0.3, -0.25) is 9.05 Å². The highest BCUT2D eigenvalue weighted by Crippen LogP contribution is 2.48. The molecule has 0 aliphatic carbocycles. The van der Waals surface area contributed by atoms with Gasteiger partial charge in [-0.25, -0.2) is 4.57 Å². The molecule has 0 unspecified atom stereocenters. The quantitative estimate of drug-likeness (QED) is 0.583. The Hall–Kier alpha value is -0.0600. The molecule has 0 aliphatic rings. The molecule has 0 bridgehead atoms. The van der Waals surface area contributed by atoms with E-state index in [0.29, 0.717) is 0 Å². The van der Waals surface area contributed by atoms with E-state index < -0.39 is 7.82 Å². The molecule has 15 heavy (non-hydrogen) atoms. The van der Waals surface area contributed by atoms with Crippen LogP contribution in [0.2, 0.25) is 0 Å². The lowest BCUT2D eigenvalue weighted by molar-refractivity contribution is -0.114. The van der Waals surface area contributed by atoms with Crippen molar-refractivity contribution in [1.82, 2.24) is 0 Å². The Bertz CT molecular complexity index is 250. The van der Waals surface area contributed by atoms with Gasteiger partial charge in [0.25, 0.3) is 0 Å². The Morgan fingerprint density at radius 3 is 1.73 bits per heavy atom. The van der Waals surface area contributed by atoms with Crippen molar-refractivity contribution in [1.29, 1.82) is 0 Å². The lowest BCUT2D eigenvalue weighted by Crippen LogP contribution is -1.88. The van der Waals surface area contributed by atoms with E-state index in [4.69, 9.17) is 23.2 Å². The fourth-order valence-electron chi connectivity index (χ4n) is 0.265. The van der Waals surface area contributed by atoms with Gasteiger partial charge in [0.05, 0.1) is 0 Å². The maximum absolute atomic E-state index is 11.0. The average Bonchev–Trinajstić information content (AvgIpc) is 2.13. The Labute approximate surface area is 98.9 Å². The lowest BCUT2D eigenvalue weighted by atomic mass is 10.6. The normalized spacial score (nSPS) is 9.73. The van der Waals surface area contributed by atoms with Gasteiger partial charge in [-0.2, -0.15) is 0 Å². The molecule has 0 spiro atoms. The second-order valence-electron chi connectivity index (χ2n) is 2.23. The van der Waals surface area contributed by atoms with Crippen molar-refractivity contribution in [2.45, 2.75) is 13.8 Å². The predicted molar refractivity (Wildman–Crippen MR) is 58.9 cm³/mol. The number of ketones is 1. The number of phosphoric acid groups is 1. The maximum Gasteiger partial charge on any atom is 0.529 e. The summed E-state index contributed by atoms with van der Waals surface area (Å²) in [6.07, 6.45) is 0.872. The molecular weight excluding hydrogens is 266 g/mol. The molecule has 0 heterocycles. The molecule has 0 N–H and O–H groups in total. The summed E-state index contributed by atoms with van der Waals surface area (Å²) >= 11 is 10.3. The van der Waals surface area contributed by atoms with E-state index in [1.54, 1.807) is 0 Å². The second kappa shape index (κ2) is 9.19. The van der Waals surface area contributed by atoms with Crippen LogP contribution in [-0.4, -0.2) is 20.0 Å². The standard InChI is InChI=1S/C4H7Cl2O4P.C3H6O/c1-8-11(7,9-2)10-3-4(5)6;1-3(2)4/h3H,1-2H3;1-2H3. The van der Waals surface area contributed by atoms with Gasteiger partial charge in [0.1, 0.15) is 16.5 Å². The zero-order chi connectivity index (χ0) is 12.5. The third kappa shape index (κ3) is 13.9. The Kier molecular flexibility index (Phi) is 10.6. The largest absolute Gasteiger partial charge is 0.529 e. The summed E-state index contributed by atoms with van der Waals surface area (Å²) in [5.41, 5.74) is 0. The highest BCUT2D eigenvalue weighted by molar-refractivity contribution is 7.48. The zero-order valence-electron chi connectivity index (χ0n) is 8.82. The van der Waals surface area contributed by atoms with E-state index in [1.807, 2.05) is 0 Å². The Morgan fingerprint density at radius 1 is 1.20 bits per heavy atom. The van der Waals surface area contributed by atoms with Crippen molar-refractivity contribution in [2.24, 2.45) is 0 Å². The molecule has 0 amide bonds. The number of rotatable bonds is 4. The van der Waals surface area contributed by atoms with E-state index in [9.17, 15) is 9.36 Å². The molecule has 0 aromatic heterocycles. The van der Waals surface area contributed by atoms with E-state index >= 15 is 0 Å². The van der Waals surface area contributed by atoms with Crippen LogP contribution in [-0.2, 0) is 22.9 Å². The first-order valence-corrected chi connectivity index (χ1v) is 5.87. The minimum absolute atomic E-state index is 0.167. The van der Waals surface area contributed by atoms with Gasteiger partial charge in [-0.15, -0.1) is 0 Å².